The lowest BCUT2D eigenvalue weighted by Gasteiger charge is -2.10. The third kappa shape index (κ3) is 3.23. The van der Waals surface area contributed by atoms with Gasteiger partial charge >= 0.3 is 0 Å². The van der Waals surface area contributed by atoms with Gasteiger partial charge in [-0.25, -0.2) is 4.39 Å². The van der Waals surface area contributed by atoms with Crippen LogP contribution in [0.1, 0.15) is 18.6 Å². The highest BCUT2D eigenvalue weighted by atomic mass is 19.1. The van der Waals surface area contributed by atoms with Crippen LogP contribution in [0.2, 0.25) is 0 Å². The van der Waals surface area contributed by atoms with E-state index in [0.29, 0.717) is 17.1 Å². The largest absolute Gasteiger partial charge is 0.497 e. The molecule has 0 fully saturated rings. The third-order valence-electron chi connectivity index (χ3n) is 2.71. The molecule has 0 spiro atoms. The van der Waals surface area contributed by atoms with E-state index >= 15 is 0 Å². The predicted octanol–water partition coefficient (Wildman–Crippen LogP) is 3.68. The van der Waals surface area contributed by atoms with Crippen LogP contribution in [-0.2, 0) is 0 Å². The van der Waals surface area contributed by atoms with E-state index in [9.17, 15) is 9.50 Å². The molecule has 19 heavy (non-hydrogen) atoms. The van der Waals surface area contributed by atoms with Crippen molar-refractivity contribution in [2.75, 3.05) is 7.11 Å². The molecule has 0 saturated carbocycles. The molecule has 0 aliphatic carbocycles. The standard InChI is InChI=1S/C15H15FO3/c1-10(17)11-6-7-15(14(16)8-11)19-13-5-3-4-12(9-13)18-2/h3-10,17H,1-2H3. The van der Waals surface area contributed by atoms with Crippen molar-refractivity contribution in [1.82, 2.24) is 0 Å². The van der Waals surface area contributed by atoms with Crippen molar-refractivity contribution in [3.05, 3.63) is 53.8 Å². The summed E-state index contributed by atoms with van der Waals surface area (Å²) in [6, 6.07) is 11.3. The van der Waals surface area contributed by atoms with Crippen molar-refractivity contribution in [3.8, 4) is 17.2 Å². The number of aliphatic hydroxyl groups excluding tert-OH is 1. The first kappa shape index (κ1) is 13.4. The number of aliphatic hydroxyl groups is 1. The van der Waals surface area contributed by atoms with Gasteiger partial charge in [0.25, 0.3) is 0 Å². The Kier molecular flexibility index (Phi) is 4.02. The second-order valence-electron chi connectivity index (χ2n) is 4.15. The fourth-order valence-corrected chi connectivity index (χ4v) is 1.65. The number of rotatable bonds is 4. The maximum absolute atomic E-state index is 13.8. The molecule has 1 N–H and O–H groups in total. The lowest BCUT2D eigenvalue weighted by Crippen LogP contribution is -1.94. The summed E-state index contributed by atoms with van der Waals surface area (Å²) in [4.78, 5) is 0. The van der Waals surface area contributed by atoms with E-state index < -0.39 is 11.9 Å². The van der Waals surface area contributed by atoms with Crippen LogP contribution < -0.4 is 9.47 Å². The molecule has 2 rings (SSSR count). The van der Waals surface area contributed by atoms with Gasteiger partial charge in [-0.05, 0) is 36.8 Å². The summed E-state index contributed by atoms with van der Waals surface area (Å²) in [5.41, 5.74) is 0.510. The first-order valence-corrected chi connectivity index (χ1v) is 5.89. The van der Waals surface area contributed by atoms with Gasteiger partial charge in [-0.2, -0.15) is 0 Å². The first-order chi connectivity index (χ1) is 9.10. The second-order valence-corrected chi connectivity index (χ2v) is 4.15. The fourth-order valence-electron chi connectivity index (χ4n) is 1.65. The highest BCUT2D eigenvalue weighted by molar-refractivity contribution is 5.38. The van der Waals surface area contributed by atoms with Crippen molar-refractivity contribution < 1.29 is 19.0 Å². The number of halogens is 1. The van der Waals surface area contributed by atoms with Crippen molar-refractivity contribution in [2.45, 2.75) is 13.0 Å². The molecule has 100 valence electrons. The Morgan fingerprint density at radius 2 is 1.84 bits per heavy atom. The highest BCUT2D eigenvalue weighted by Crippen LogP contribution is 2.28. The van der Waals surface area contributed by atoms with Gasteiger partial charge in [-0.1, -0.05) is 12.1 Å². The monoisotopic (exact) mass is 262 g/mol. The van der Waals surface area contributed by atoms with Crippen LogP contribution in [0, 0.1) is 5.82 Å². The highest BCUT2D eigenvalue weighted by Gasteiger charge is 2.09. The van der Waals surface area contributed by atoms with Crippen molar-refractivity contribution in [1.29, 1.82) is 0 Å². The molecule has 1 unspecified atom stereocenters. The molecule has 0 aliphatic heterocycles. The average molecular weight is 262 g/mol. The Balaban J connectivity index is 2.23. The second kappa shape index (κ2) is 5.71. The summed E-state index contributed by atoms with van der Waals surface area (Å²) in [5, 5.41) is 9.37. The van der Waals surface area contributed by atoms with Gasteiger partial charge in [0.2, 0.25) is 0 Å². The lowest BCUT2D eigenvalue weighted by atomic mass is 10.1. The molecular formula is C15H15FO3. The summed E-state index contributed by atoms with van der Waals surface area (Å²) in [6.45, 7) is 1.58. The van der Waals surface area contributed by atoms with E-state index in [1.165, 1.54) is 12.1 Å². The Hall–Kier alpha value is -2.07. The third-order valence-corrected chi connectivity index (χ3v) is 2.71. The van der Waals surface area contributed by atoms with E-state index in [4.69, 9.17) is 9.47 Å². The average Bonchev–Trinajstić information content (AvgIpc) is 2.41. The van der Waals surface area contributed by atoms with Crippen molar-refractivity contribution in [3.63, 3.8) is 0 Å². The molecule has 2 aromatic rings. The van der Waals surface area contributed by atoms with Gasteiger partial charge in [0.1, 0.15) is 11.5 Å². The maximum atomic E-state index is 13.8. The van der Waals surface area contributed by atoms with E-state index in [1.807, 2.05) is 0 Å². The minimum atomic E-state index is -0.708. The summed E-state index contributed by atoms with van der Waals surface area (Å²) in [6.07, 6.45) is -0.708. The van der Waals surface area contributed by atoms with E-state index in [2.05, 4.69) is 0 Å². The Bertz CT molecular complexity index is 567. The summed E-state index contributed by atoms with van der Waals surface area (Å²) in [5.74, 6) is 0.723. The topological polar surface area (TPSA) is 38.7 Å². The Morgan fingerprint density at radius 1 is 1.11 bits per heavy atom. The van der Waals surface area contributed by atoms with Crippen LogP contribution in [-0.4, -0.2) is 12.2 Å². The van der Waals surface area contributed by atoms with Gasteiger partial charge in [0.15, 0.2) is 11.6 Å². The van der Waals surface area contributed by atoms with Gasteiger partial charge in [-0.3, -0.25) is 0 Å². The summed E-state index contributed by atoms with van der Waals surface area (Å²) < 4.78 is 24.3. The zero-order valence-electron chi connectivity index (χ0n) is 10.8. The van der Waals surface area contributed by atoms with Crippen LogP contribution in [0.5, 0.6) is 17.2 Å². The number of hydrogen-bond donors (Lipinski definition) is 1. The molecule has 3 nitrogen and oxygen atoms in total. The van der Waals surface area contributed by atoms with Gasteiger partial charge in [0, 0.05) is 6.07 Å². The minimum Gasteiger partial charge on any atom is -0.497 e. The smallest absolute Gasteiger partial charge is 0.166 e. The van der Waals surface area contributed by atoms with E-state index in [1.54, 1.807) is 44.4 Å². The SMILES string of the molecule is COc1cccc(Oc2ccc(C(C)O)cc2F)c1. The first-order valence-electron chi connectivity index (χ1n) is 5.89. The molecule has 0 heterocycles. The number of ether oxygens (including phenoxy) is 2. The normalized spacial score (nSPS) is 12.0. The zero-order valence-corrected chi connectivity index (χ0v) is 10.8. The molecule has 0 aromatic heterocycles. The van der Waals surface area contributed by atoms with Crippen molar-refractivity contribution >= 4 is 0 Å². The number of hydrogen-bond acceptors (Lipinski definition) is 3. The summed E-state index contributed by atoms with van der Waals surface area (Å²) >= 11 is 0. The zero-order chi connectivity index (χ0) is 13.8. The van der Waals surface area contributed by atoms with Crippen LogP contribution >= 0.6 is 0 Å². The molecular weight excluding hydrogens is 247 g/mol. The Labute approximate surface area is 111 Å². The Morgan fingerprint density at radius 3 is 2.47 bits per heavy atom. The molecule has 0 saturated heterocycles. The van der Waals surface area contributed by atoms with Crippen LogP contribution in [0.15, 0.2) is 42.5 Å². The van der Waals surface area contributed by atoms with Gasteiger partial charge in [0.05, 0.1) is 13.2 Å². The molecule has 2 aromatic carbocycles. The minimum absolute atomic E-state index is 0.109. The van der Waals surface area contributed by atoms with Crippen LogP contribution in [0.4, 0.5) is 4.39 Å². The molecule has 0 radical (unpaired) electrons. The van der Waals surface area contributed by atoms with E-state index in [0.717, 1.165) is 0 Å². The van der Waals surface area contributed by atoms with Crippen LogP contribution in [0.25, 0.3) is 0 Å². The van der Waals surface area contributed by atoms with Gasteiger partial charge < -0.3 is 14.6 Å². The molecule has 0 bridgehead atoms. The van der Waals surface area contributed by atoms with Crippen molar-refractivity contribution in [2.24, 2.45) is 0 Å². The van der Waals surface area contributed by atoms with E-state index in [-0.39, 0.29) is 5.75 Å². The maximum Gasteiger partial charge on any atom is 0.166 e. The molecule has 4 heteroatoms. The molecule has 0 amide bonds. The lowest BCUT2D eigenvalue weighted by molar-refractivity contribution is 0.198. The predicted molar refractivity (Wildman–Crippen MR) is 70.1 cm³/mol. The fraction of sp³-hybridized carbons (Fsp3) is 0.200. The quantitative estimate of drug-likeness (QED) is 0.913. The number of methoxy groups -OCH3 is 1. The van der Waals surface area contributed by atoms with Gasteiger partial charge in [-0.15, -0.1) is 0 Å². The number of benzene rings is 2. The van der Waals surface area contributed by atoms with Crippen LogP contribution in [0.3, 0.4) is 0 Å². The molecule has 1 atom stereocenters. The summed E-state index contributed by atoms with van der Waals surface area (Å²) in [7, 11) is 1.55. The molecule has 0 aliphatic rings.